The Balaban J connectivity index is 4.23. The van der Waals surface area contributed by atoms with Gasteiger partial charge in [-0.05, 0) is 51.4 Å². The van der Waals surface area contributed by atoms with Gasteiger partial charge in [-0.15, -0.1) is 0 Å². The van der Waals surface area contributed by atoms with Crippen LogP contribution in [0.4, 0.5) is 0 Å². The van der Waals surface area contributed by atoms with Crippen molar-refractivity contribution < 1.29 is 23.8 Å². The topological polar surface area (TPSA) is 61.8 Å². The minimum absolute atomic E-state index is 0.0873. The molecular weight excluding hydrogens is 729 g/mol. The van der Waals surface area contributed by atoms with Crippen molar-refractivity contribution in [2.75, 3.05) is 19.8 Å². The van der Waals surface area contributed by atoms with E-state index in [0.717, 1.165) is 51.4 Å². The molecule has 0 rings (SSSR count). The fraction of sp³-hybridized carbons (Fsp3) is 0.889. The second-order valence-electron chi connectivity index (χ2n) is 17.8. The first-order valence-corrected chi connectivity index (χ1v) is 26.4. The zero-order chi connectivity index (χ0) is 42.8. The Kier molecular flexibility index (Phi) is 49.3. The fourth-order valence-electron chi connectivity index (χ4n) is 7.78. The number of ether oxygens (including phenoxy) is 3. The lowest BCUT2D eigenvalue weighted by atomic mass is 10.0. The molecule has 0 aromatic carbocycles. The lowest BCUT2D eigenvalue weighted by Crippen LogP contribution is -2.30. The largest absolute Gasteiger partial charge is 0.462 e. The molecule has 0 aliphatic rings. The third kappa shape index (κ3) is 48.9. The molecule has 0 heterocycles. The first-order valence-electron chi connectivity index (χ1n) is 26.4. The first-order chi connectivity index (χ1) is 29.1. The molecule has 5 nitrogen and oxygen atoms in total. The molecule has 0 aromatic heterocycles. The van der Waals surface area contributed by atoms with Gasteiger partial charge in [0.2, 0.25) is 0 Å². The van der Waals surface area contributed by atoms with Crippen LogP contribution in [0.2, 0.25) is 0 Å². The lowest BCUT2D eigenvalue weighted by molar-refractivity contribution is -0.163. The van der Waals surface area contributed by atoms with Crippen molar-refractivity contribution in [3.05, 3.63) is 24.3 Å². The summed E-state index contributed by atoms with van der Waals surface area (Å²) < 4.78 is 17.4. The molecule has 0 saturated heterocycles. The number of carbonyl (C=O) groups is 2. The van der Waals surface area contributed by atoms with Crippen molar-refractivity contribution >= 4 is 11.9 Å². The van der Waals surface area contributed by atoms with E-state index in [1.807, 2.05) is 0 Å². The van der Waals surface area contributed by atoms with Crippen molar-refractivity contribution in [1.29, 1.82) is 0 Å². The zero-order valence-electron chi connectivity index (χ0n) is 40.0. The van der Waals surface area contributed by atoms with Crippen LogP contribution in [0.1, 0.15) is 284 Å². The summed E-state index contributed by atoms with van der Waals surface area (Å²) in [5.41, 5.74) is 0. The van der Waals surface area contributed by atoms with Crippen LogP contribution >= 0.6 is 0 Å². The van der Waals surface area contributed by atoms with Gasteiger partial charge >= 0.3 is 11.9 Å². The third-order valence-corrected chi connectivity index (χ3v) is 11.7. The highest BCUT2D eigenvalue weighted by Gasteiger charge is 2.17. The Morgan fingerprint density at radius 2 is 0.712 bits per heavy atom. The molecule has 0 spiro atoms. The van der Waals surface area contributed by atoms with Crippen LogP contribution in [0, 0.1) is 0 Å². The van der Waals surface area contributed by atoms with Crippen LogP contribution < -0.4 is 0 Å². The number of hydrogen-bond acceptors (Lipinski definition) is 5. The van der Waals surface area contributed by atoms with Crippen LogP contribution in [0.25, 0.3) is 0 Å². The predicted molar refractivity (Wildman–Crippen MR) is 256 cm³/mol. The Morgan fingerprint density at radius 1 is 0.373 bits per heavy atom. The smallest absolute Gasteiger partial charge is 0.306 e. The molecule has 0 aliphatic carbocycles. The van der Waals surface area contributed by atoms with Crippen LogP contribution in [-0.2, 0) is 23.8 Å². The highest BCUT2D eigenvalue weighted by atomic mass is 16.6. The maximum Gasteiger partial charge on any atom is 0.306 e. The molecule has 0 aliphatic heterocycles. The summed E-state index contributed by atoms with van der Waals surface area (Å²) in [5.74, 6) is -0.395. The standard InChI is InChI=1S/C54H102O5/c1-4-7-10-13-16-19-22-25-27-29-31-34-37-40-43-46-49-57-50-52(51-58-53(55)47-44-41-38-35-32-24-21-18-15-12-9-6-3)59-54(56)48-45-42-39-36-33-30-28-26-23-20-17-14-11-8-5-2/h17,20,26,28,52H,4-16,18-19,21-25,27,29-51H2,1-3H3/b20-17-,28-26-/t52-/m1/s1. The van der Waals surface area contributed by atoms with E-state index in [-0.39, 0.29) is 18.5 Å². The van der Waals surface area contributed by atoms with E-state index < -0.39 is 6.10 Å². The fourth-order valence-corrected chi connectivity index (χ4v) is 7.78. The molecule has 348 valence electrons. The van der Waals surface area contributed by atoms with E-state index in [0.29, 0.717) is 26.1 Å². The maximum atomic E-state index is 12.8. The maximum absolute atomic E-state index is 12.8. The molecule has 5 heteroatoms. The Bertz CT molecular complexity index is 897. The summed E-state index contributed by atoms with van der Waals surface area (Å²) in [6.07, 6.45) is 58.9. The van der Waals surface area contributed by atoms with E-state index in [4.69, 9.17) is 14.2 Å². The van der Waals surface area contributed by atoms with Crippen molar-refractivity contribution in [2.24, 2.45) is 0 Å². The van der Waals surface area contributed by atoms with E-state index in [1.165, 1.54) is 199 Å². The van der Waals surface area contributed by atoms with Crippen LogP contribution in [0.5, 0.6) is 0 Å². The van der Waals surface area contributed by atoms with Crippen LogP contribution in [-0.4, -0.2) is 37.9 Å². The van der Waals surface area contributed by atoms with Crippen LogP contribution in [0.3, 0.4) is 0 Å². The Morgan fingerprint density at radius 3 is 1.15 bits per heavy atom. The predicted octanol–water partition coefficient (Wildman–Crippen LogP) is 17.6. The molecule has 0 saturated carbocycles. The summed E-state index contributed by atoms with van der Waals surface area (Å²) in [6.45, 7) is 7.84. The molecule has 0 unspecified atom stereocenters. The lowest BCUT2D eigenvalue weighted by Gasteiger charge is -2.18. The number of hydrogen-bond donors (Lipinski definition) is 0. The van der Waals surface area contributed by atoms with Crippen molar-refractivity contribution in [1.82, 2.24) is 0 Å². The van der Waals surface area contributed by atoms with Gasteiger partial charge in [0.25, 0.3) is 0 Å². The monoisotopic (exact) mass is 831 g/mol. The molecule has 0 bridgehead atoms. The summed E-state index contributed by atoms with van der Waals surface area (Å²) in [4.78, 5) is 25.4. The number of allylic oxidation sites excluding steroid dienone is 4. The van der Waals surface area contributed by atoms with Gasteiger partial charge in [0.05, 0.1) is 6.61 Å². The van der Waals surface area contributed by atoms with Gasteiger partial charge in [0.1, 0.15) is 6.61 Å². The van der Waals surface area contributed by atoms with E-state index >= 15 is 0 Å². The van der Waals surface area contributed by atoms with Gasteiger partial charge in [0.15, 0.2) is 6.10 Å². The van der Waals surface area contributed by atoms with Gasteiger partial charge in [-0.25, -0.2) is 0 Å². The molecule has 0 aromatic rings. The van der Waals surface area contributed by atoms with Gasteiger partial charge in [0, 0.05) is 19.4 Å². The van der Waals surface area contributed by atoms with Crippen LogP contribution in [0.15, 0.2) is 24.3 Å². The summed E-state index contributed by atoms with van der Waals surface area (Å²) in [6, 6.07) is 0. The molecule has 0 radical (unpaired) electrons. The van der Waals surface area contributed by atoms with Crippen molar-refractivity contribution in [3.8, 4) is 0 Å². The number of rotatable bonds is 49. The SMILES string of the molecule is CCCCC/C=C\C/C=C\CCCCCCCC(=O)O[C@H](COCCCCCCCCCCCCCCCCCC)COC(=O)CCCCCCCCCCCCCC. The minimum Gasteiger partial charge on any atom is -0.462 e. The molecule has 59 heavy (non-hydrogen) atoms. The van der Waals surface area contributed by atoms with Gasteiger partial charge in [-0.1, -0.05) is 244 Å². The highest BCUT2D eigenvalue weighted by molar-refractivity contribution is 5.70. The molecule has 0 fully saturated rings. The number of esters is 2. The summed E-state index contributed by atoms with van der Waals surface area (Å²) >= 11 is 0. The van der Waals surface area contributed by atoms with E-state index in [1.54, 1.807) is 0 Å². The number of unbranched alkanes of at least 4 members (excludes halogenated alkanes) is 34. The van der Waals surface area contributed by atoms with E-state index in [9.17, 15) is 9.59 Å². The average Bonchev–Trinajstić information content (AvgIpc) is 3.24. The first kappa shape index (κ1) is 57.4. The van der Waals surface area contributed by atoms with Crippen molar-refractivity contribution in [2.45, 2.75) is 290 Å². The molecule has 1 atom stereocenters. The number of carbonyl (C=O) groups excluding carboxylic acids is 2. The quantitative estimate of drug-likeness (QED) is 0.0347. The van der Waals surface area contributed by atoms with E-state index in [2.05, 4.69) is 45.1 Å². The molecular formula is C54H102O5. The second kappa shape index (κ2) is 50.7. The summed E-state index contributed by atoms with van der Waals surface area (Å²) in [5, 5.41) is 0. The van der Waals surface area contributed by atoms with Crippen molar-refractivity contribution in [3.63, 3.8) is 0 Å². The third-order valence-electron chi connectivity index (χ3n) is 11.7. The average molecular weight is 831 g/mol. The zero-order valence-corrected chi connectivity index (χ0v) is 40.0. The normalized spacial score (nSPS) is 12.3. The second-order valence-corrected chi connectivity index (χ2v) is 17.8. The Labute approximate surface area is 368 Å². The highest BCUT2D eigenvalue weighted by Crippen LogP contribution is 2.16. The van der Waals surface area contributed by atoms with Gasteiger partial charge in [-0.3, -0.25) is 9.59 Å². The molecule has 0 N–H and O–H groups in total. The minimum atomic E-state index is -0.535. The molecule has 0 amide bonds. The summed E-state index contributed by atoms with van der Waals surface area (Å²) in [7, 11) is 0. The van der Waals surface area contributed by atoms with Gasteiger partial charge in [-0.2, -0.15) is 0 Å². The van der Waals surface area contributed by atoms with Gasteiger partial charge < -0.3 is 14.2 Å². The Hall–Kier alpha value is -1.62.